The molecule has 130 valence electrons. The van der Waals surface area contributed by atoms with Crippen molar-refractivity contribution in [2.45, 2.75) is 0 Å². The second-order valence-corrected chi connectivity index (χ2v) is 5.63. The normalized spacial score (nSPS) is 10.5. The summed E-state index contributed by atoms with van der Waals surface area (Å²) in [7, 11) is 0. The third-order valence-electron chi connectivity index (χ3n) is 2.87. The molecule has 0 aliphatic rings. The number of carbonyl (C=O) groups is 2. The lowest BCUT2D eigenvalue weighted by atomic mass is 10.2. The Morgan fingerprint density at radius 3 is 2.48 bits per heavy atom. The number of hydrogen-bond donors (Lipinski definition) is 2. The Hall–Kier alpha value is -2.57. The third kappa shape index (κ3) is 6.45. The molecule has 0 aromatic heterocycles. The maximum Gasteiger partial charge on any atom is 0.276 e. The van der Waals surface area contributed by atoms with Crippen LogP contribution in [0.4, 0.5) is 4.39 Å². The Bertz CT molecular complexity index is 795. The highest BCUT2D eigenvalue weighted by Crippen LogP contribution is 2.27. The molecule has 2 N–H and O–H groups in total. The van der Waals surface area contributed by atoms with Gasteiger partial charge in [0.2, 0.25) is 0 Å². The fourth-order valence-corrected chi connectivity index (χ4v) is 2.15. The Morgan fingerprint density at radius 2 is 1.80 bits per heavy atom. The van der Waals surface area contributed by atoms with E-state index in [4.69, 9.17) is 27.9 Å². The van der Waals surface area contributed by atoms with Crippen molar-refractivity contribution in [1.29, 1.82) is 0 Å². The number of hydrogen-bond acceptors (Lipinski definition) is 3. The third-order valence-corrected chi connectivity index (χ3v) is 3.41. The Kier molecular flexibility index (Phi) is 6.80. The Balaban J connectivity index is 1.75. The van der Waals surface area contributed by atoms with Gasteiger partial charge in [0.1, 0.15) is 11.6 Å². The van der Waals surface area contributed by atoms with E-state index in [9.17, 15) is 14.0 Å². The van der Waals surface area contributed by atoms with Crippen LogP contribution in [0.1, 0.15) is 5.56 Å². The minimum atomic E-state index is -0.574. The highest BCUT2D eigenvalue weighted by Gasteiger charge is 2.07. The van der Waals surface area contributed by atoms with Crippen molar-refractivity contribution in [2.24, 2.45) is 0 Å². The highest BCUT2D eigenvalue weighted by atomic mass is 35.5. The number of nitrogens with one attached hydrogen (secondary N) is 2. The lowest BCUT2D eigenvalue weighted by Gasteiger charge is -2.09. The molecule has 25 heavy (non-hydrogen) atoms. The topological polar surface area (TPSA) is 67.4 Å². The van der Waals surface area contributed by atoms with Crippen LogP contribution in [0.15, 0.2) is 48.5 Å². The van der Waals surface area contributed by atoms with Crippen LogP contribution in [0.2, 0.25) is 10.0 Å². The van der Waals surface area contributed by atoms with Gasteiger partial charge >= 0.3 is 0 Å². The van der Waals surface area contributed by atoms with Gasteiger partial charge < -0.3 is 4.74 Å². The first-order valence-corrected chi connectivity index (χ1v) is 7.80. The zero-order valence-electron chi connectivity index (χ0n) is 12.8. The van der Waals surface area contributed by atoms with Crippen molar-refractivity contribution in [3.63, 3.8) is 0 Å². The van der Waals surface area contributed by atoms with Gasteiger partial charge in [-0.05, 0) is 42.0 Å². The first kappa shape index (κ1) is 18.8. The molecule has 0 fully saturated rings. The summed E-state index contributed by atoms with van der Waals surface area (Å²) in [5.74, 6) is -1.20. The molecule has 0 saturated heterocycles. The Labute approximate surface area is 153 Å². The van der Waals surface area contributed by atoms with Crippen LogP contribution in [0, 0.1) is 5.82 Å². The van der Waals surface area contributed by atoms with E-state index in [1.807, 2.05) is 0 Å². The van der Waals surface area contributed by atoms with Crippen molar-refractivity contribution < 1.29 is 18.7 Å². The summed E-state index contributed by atoms with van der Waals surface area (Å²) in [6.45, 7) is -0.344. The molecule has 2 aromatic carbocycles. The predicted octanol–water partition coefficient (Wildman–Crippen LogP) is 3.37. The number of ether oxygens (including phenoxy) is 1. The first-order valence-electron chi connectivity index (χ1n) is 7.04. The maximum atomic E-state index is 12.8. The second-order valence-electron chi connectivity index (χ2n) is 4.79. The molecule has 0 aliphatic carbocycles. The van der Waals surface area contributed by atoms with E-state index in [1.165, 1.54) is 48.6 Å². The average Bonchev–Trinajstić information content (AvgIpc) is 2.58. The molecule has 5 nitrogen and oxygen atoms in total. The van der Waals surface area contributed by atoms with E-state index < -0.39 is 11.8 Å². The van der Waals surface area contributed by atoms with Crippen LogP contribution in [-0.4, -0.2) is 18.4 Å². The van der Waals surface area contributed by atoms with Crippen LogP contribution in [-0.2, 0) is 9.59 Å². The van der Waals surface area contributed by atoms with Crippen LogP contribution in [0.3, 0.4) is 0 Å². The van der Waals surface area contributed by atoms with Gasteiger partial charge in [0.15, 0.2) is 6.61 Å². The van der Waals surface area contributed by atoms with E-state index in [-0.39, 0.29) is 17.4 Å². The first-order chi connectivity index (χ1) is 11.9. The molecule has 0 radical (unpaired) electrons. The van der Waals surface area contributed by atoms with Gasteiger partial charge in [0, 0.05) is 11.1 Å². The maximum absolute atomic E-state index is 12.8. The Morgan fingerprint density at radius 1 is 1.08 bits per heavy atom. The summed E-state index contributed by atoms with van der Waals surface area (Å²) in [6, 6.07) is 10.2. The molecule has 0 atom stereocenters. The fourth-order valence-electron chi connectivity index (χ4n) is 1.69. The van der Waals surface area contributed by atoms with Gasteiger partial charge in [-0.3, -0.25) is 20.4 Å². The van der Waals surface area contributed by atoms with Crippen molar-refractivity contribution in [1.82, 2.24) is 10.9 Å². The van der Waals surface area contributed by atoms with Crippen LogP contribution >= 0.6 is 23.2 Å². The van der Waals surface area contributed by atoms with E-state index in [0.29, 0.717) is 16.3 Å². The molecular weight excluding hydrogens is 370 g/mol. The second kappa shape index (κ2) is 9.05. The van der Waals surface area contributed by atoms with Gasteiger partial charge in [-0.2, -0.15) is 0 Å². The van der Waals surface area contributed by atoms with Gasteiger partial charge in [-0.15, -0.1) is 0 Å². The number of amides is 2. The standard InChI is InChI=1S/C17H13Cl2FN2O3/c18-12-4-7-15(14(19)9-12)25-10-17(24)22-21-16(23)8-3-11-1-5-13(20)6-2-11/h1-9H,10H2,(H,21,23)(H,22,24). The molecule has 8 heteroatoms. The van der Waals surface area contributed by atoms with Gasteiger partial charge in [-0.1, -0.05) is 35.3 Å². The fraction of sp³-hybridized carbons (Fsp3) is 0.0588. The number of benzene rings is 2. The zero-order chi connectivity index (χ0) is 18.2. The molecular formula is C17H13Cl2FN2O3. The van der Waals surface area contributed by atoms with Gasteiger partial charge in [0.05, 0.1) is 5.02 Å². The van der Waals surface area contributed by atoms with Crippen molar-refractivity contribution in [3.05, 3.63) is 70.0 Å². The molecule has 0 unspecified atom stereocenters. The minimum absolute atomic E-state index is 0.270. The quantitative estimate of drug-likeness (QED) is 0.615. The summed E-state index contributed by atoms with van der Waals surface area (Å²) in [4.78, 5) is 23.2. The monoisotopic (exact) mass is 382 g/mol. The van der Waals surface area contributed by atoms with Crippen LogP contribution in [0.5, 0.6) is 5.75 Å². The summed E-state index contributed by atoms with van der Waals surface area (Å²) < 4.78 is 18.0. The summed E-state index contributed by atoms with van der Waals surface area (Å²) in [6.07, 6.45) is 2.68. The molecule has 0 saturated carbocycles. The van der Waals surface area contributed by atoms with Gasteiger partial charge in [-0.25, -0.2) is 4.39 Å². The van der Waals surface area contributed by atoms with Crippen LogP contribution < -0.4 is 15.6 Å². The summed E-state index contributed by atoms with van der Waals surface area (Å²) in [5.41, 5.74) is 5.02. The highest BCUT2D eigenvalue weighted by molar-refractivity contribution is 6.35. The summed E-state index contributed by atoms with van der Waals surface area (Å²) >= 11 is 11.7. The smallest absolute Gasteiger partial charge is 0.276 e. The zero-order valence-corrected chi connectivity index (χ0v) is 14.3. The van der Waals surface area contributed by atoms with E-state index in [1.54, 1.807) is 6.07 Å². The molecule has 2 aromatic rings. The van der Waals surface area contributed by atoms with E-state index in [2.05, 4.69) is 10.9 Å². The predicted molar refractivity (Wildman–Crippen MR) is 93.7 cm³/mol. The lowest BCUT2D eigenvalue weighted by Crippen LogP contribution is -2.43. The number of rotatable bonds is 5. The van der Waals surface area contributed by atoms with Gasteiger partial charge in [0.25, 0.3) is 11.8 Å². The molecule has 0 spiro atoms. The van der Waals surface area contributed by atoms with Crippen molar-refractivity contribution in [3.8, 4) is 5.75 Å². The molecule has 2 rings (SSSR count). The number of halogens is 3. The molecule has 0 aliphatic heterocycles. The van der Waals surface area contributed by atoms with Crippen LogP contribution in [0.25, 0.3) is 6.08 Å². The molecule has 0 heterocycles. The molecule has 0 bridgehead atoms. The largest absolute Gasteiger partial charge is 0.482 e. The number of hydrazine groups is 1. The SMILES string of the molecule is O=C(C=Cc1ccc(F)cc1)NNC(=O)COc1ccc(Cl)cc1Cl. The lowest BCUT2D eigenvalue weighted by molar-refractivity contribution is -0.128. The minimum Gasteiger partial charge on any atom is -0.482 e. The molecule has 2 amide bonds. The number of carbonyl (C=O) groups excluding carboxylic acids is 2. The average molecular weight is 383 g/mol. The van der Waals surface area contributed by atoms with E-state index in [0.717, 1.165) is 0 Å². The van der Waals surface area contributed by atoms with E-state index >= 15 is 0 Å². The van der Waals surface area contributed by atoms with Crippen molar-refractivity contribution in [2.75, 3.05) is 6.61 Å². The van der Waals surface area contributed by atoms with Crippen molar-refractivity contribution >= 4 is 41.1 Å². The summed E-state index contributed by atoms with van der Waals surface area (Å²) in [5, 5.41) is 0.716.